The van der Waals surface area contributed by atoms with E-state index in [1.54, 1.807) is 11.3 Å². The molecule has 19 heavy (non-hydrogen) atoms. The Morgan fingerprint density at radius 2 is 2.11 bits per heavy atom. The van der Waals surface area contributed by atoms with E-state index in [-0.39, 0.29) is 0 Å². The lowest BCUT2D eigenvalue weighted by Crippen LogP contribution is -3.05. The molecule has 2 aromatic heterocycles. The largest absolute Gasteiger partial charge is 0.369 e. The van der Waals surface area contributed by atoms with Crippen LogP contribution < -0.4 is 10.2 Å². The summed E-state index contributed by atoms with van der Waals surface area (Å²) in [5.74, 6) is 1.84. The summed E-state index contributed by atoms with van der Waals surface area (Å²) in [5.41, 5.74) is 0. The van der Waals surface area contributed by atoms with E-state index in [0.717, 1.165) is 35.9 Å². The van der Waals surface area contributed by atoms with Crippen molar-refractivity contribution in [3.63, 3.8) is 0 Å². The maximum Gasteiger partial charge on any atom is 0.138 e. The third-order valence-corrected chi connectivity index (χ3v) is 4.22. The summed E-state index contributed by atoms with van der Waals surface area (Å²) in [6.07, 6.45) is 2.21. The van der Waals surface area contributed by atoms with Crippen molar-refractivity contribution in [2.45, 2.75) is 26.7 Å². The molecule has 0 radical (unpaired) electrons. The minimum absolute atomic E-state index is 0.845. The first-order valence-corrected chi connectivity index (χ1v) is 7.71. The van der Waals surface area contributed by atoms with Crippen LogP contribution in [0.4, 0.5) is 5.82 Å². The van der Waals surface area contributed by atoms with Gasteiger partial charge in [-0.1, -0.05) is 6.92 Å². The summed E-state index contributed by atoms with van der Waals surface area (Å²) in [7, 11) is 4.36. The highest BCUT2D eigenvalue weighted by Gasteiger charge is 2.09. The Morgan fingerprint density at radius 3 is 2.79 bits per heavy atom. The van der Waals surface area contributed by atoms with Gasteiger partial charge in [-0.2, -0.15) is 0 Å². The Balaban J connectivity index is 2.14. The molecule has 0 aromatic carbocycles. The highest BCUT2D eigenvalue weighted by atomic mass is 32.1. The number of nitrogens with zero attached hydrogens (tertiary/aromatic N) is 2. The molecule has 0 spiro atoms. The van der Waals surface area contributed by atoms with Crippen LogP contribution in [-0.4, -0.2) is 37.2 Å². The van der Waals surface area contributed by atoms with Crippen LogP contribution in [0, 0.1) is 6.92 Å². The highest BCUT2D eigenvalue weighted by Crippen LogP contribution is 2.29. The fourth-order valence-electron chi connectivity index (χ4n) is 2.04. The highest BCUT2D eigenvalue weighted by molar-refractivity contribution is 7.18. The molecule has 2 rings (SSSR count). The smallest absolute Gasteiger partial charge is 0.138 e. The maximum atomic E-state index is 4.54. The molecule has 0 bridgehead atoms. The molecule has 0 aliphatic rings. The molecule has 5 heteroatoms. The third-order valence-electron chi connectivity index (χ3n) is 3.05. The summed E-state index contributed by atoms with van der Waals surface area (Å²) in [5, 5.41) is 4.63. The lowest BCUT2D eigenvalue weighted by molar-refractivity contribution is -0.858. The lowest BCUT2D eigenvalue weighted by atomic mass is 10.3. The first-order valence-electron chi connectivity index (χ1n) is 6.90. The second kappa shape index (κ2) is 6.30. The van der Waals surface area contributed by atoms with Crippen LogP contribution in [0.15, 0.2) is 6.07 Å². The van der Waals surface area contributed by atoms with Gasteiger partial charge in [0.1, 0.15) is 16.5 Å². The van der Waals surface area contributed by atoms with E-state index in [1.807, 2.05) is 6.92 Å². The van der Waals surface area contributed by atoms with Crippen molar-refractivity contribution in [1.29, 1.82) is 0 Å². The first-order chi connectivity index (χ1) is 9.10. The number of hydrogen-bond donors (Lipinski definition) is 2. The molecule has 104 valence electrons. The number of aryl methyl sites for hydroxylation is 2. The Kier molecular flexibility index (Phi) is 4.71. The molecule has 0 aliphatic heterocycles. The number of thiophene rings is 1. The fourth-order valence-corrected chi connectivity index (χ4v) is 3.05. The monoisotopic (exact) mass is 279 g/mol. The average Bonchev–Trinajstić information content (AvgIpc) is 2.77. The number of quaternary nitrogens is 1. The predicted octanol–water partition coefficient (Wildman–Crippen LogP) is 1.51. The summed E-state index contributed by atoms with van der Waals surface area (Å²) >= 11 is 1.77. The van der Waals surface area contributed by atoms with Crippen LogP contribution in [-0.2, 0) is 6.42 Å². The summed E-state index contributed by atoms with van der Waals surface area (Å²) in [6.45, 7) is 6.27. The summed E-state index contributed by atoms with van der Waals surface area (Å²) in [6, 6.07) is 2.22. The molecule has 0 saturated carbocycles. The van der Waals surface area contributed by atoms with Gasteiger partial charge >= 0.3 is 0 Å². The van der Waals surface area contributed by atoms with Crippen molar-refractivity contribution in [2.75, 3.05) is 32.5 Å². The second-order valence-electron chi connectivity index (χ2n) is 5.14. The van der Waals surface area contributed by atoms with E-state index in [9.17, 15) is 0 Å². The van der Waals surface area contributed by atoms with Crippen LogP contribution in [0.25, 0.3) is 10.2 Å². The lowest BCUT2D eigenvalue weighted by Gasteiger charge is -2.09. The van der Waals surface area contributed by atoms with Crippen molar-refractivity contribution in [3.8, 4) is 0 Å². The summed E-state index contributed by atoms with van der Waals surface area (Å²) in [4.78, 5) is 13.0. The van der Waals surface area contributed by atoms with Gasteiger partial charge in [0.15, 0.2) is 0 Å². The van der Waals surface area contributed by atoms with Gasteiger partial charge < -0.3 is 10.2 Å². The Labute approximate surface area is 118 Å². The number of aromatic nitrogens is 2. The van der Waals surface area contributed by atoms with Gasteiger partial charge in [0, 0.05) is 17.8 Å². The van der Waals surface area contributed by atoms with Crippen LogP contribution in [0.2, 0.25) is 0 Å². The zero-order valence-corrected chi connectivity index (χ0v) is 13.0. The normalized spacial score (nSPS) is 11.4. The molecule has 0 unspecified atom stereocenters. The molecule has 0 saturated heterocycles. The van der Waals surface area contributed by atoms with Gasteiger partial charge in [-0.3, -0.25) is 0 Å². The van der Waals surface area contributed by atoms with Gasteiger partial charge in [-0.15, -0.1) is 11.3 Å². The van der Waals surface area contributed by atoms with Crippen molar-refractivity contribution in [3.05, 3.63) is 16.8 Å². The van der Waals surface area contributed by atoms with Crippen LogP contribution in [0.3, 0.4) is 0 Å². The zero-order chi connectivity index (χ0) is 13.8. The quantitative estimate of drug-likeness (QED) is 0.788. The maximum absolute atomic E-state index is 4.54. The molecule has 4 nitrogen and oxygen atoms in total. The van der Waals surface area contributed by atoms with Crippen LogP contribution in [0.5, 0.6) is 0 Å². The second-order valence-corrected chi connectivity index (χ2v) is 6.26. The van der Waals surface area contributed by atoms with Crippen molar-refractivity contribution >= 4 is 27.4 Å². The number of anilines is 1. The zero-order valence-electron chi connectivity index (χ0n) is 12.2. The molecule has 0 aliphatic carbocycles. The first kappa shape index (κ1) is 14.2. The Bertz CT molecular complexity index is 548. The van der Waals surface area contributed by atoms with Crippen LogP contribution >= 0.6 is 11.3 Å². The van der Waals surface area contributed by atoms with E-state index < -0.39 is 0 Å². The van der Waals surface area contributed by atoms with E-state index in [4.69, 9.17) is 0 Å². The van der Waals surface area contributed by atoms with Gasteiger partial charge in [0.2, 0.25) is 0 Å². The standard InChI is InChI=1S/C14H22N4S/c1-5-11-9-12-13(15-7-6-8-18(3)4)16-10(2)17-14(12)19-11/h9H,5-8H2,1-4H3,(H,15,16,17)/p+1. The number of rotatable bonds is 6. The molecule has 0 fully saturated rings. The van der Waals surface area contributed by atoms with Crippen LogP contribution in [0.1, 0.15) is 24.0 Å². The topological polar surface area (TPSA) is 42.2 Å². The molecule has 0 atom stereocenters. The Hall–Kier alpha value is -1.20. The Morgan fingerprint density at radius 1 is 1.32 bits per heavy atom. The minimum atomic E-state index is 0.845. The molecular weight excluding hydrogens is 256 g/mol. The average molecular weight is 279 g/mol. The van der Waals surface area contributed by atoms with Crippen molar-refractivity contribution in [2.24, 2.45) is 0 Å². The predicted molar refractivity (Wildman–Crippen MR) is 82.3 cm³/mol. The van der Waals surface area contributed by atoms with Crippen molar-refractivity contribution < 1.29 is 4.90 Å². The van der Waals surface area contributed by atoms with E-state index >= 15 is 0 Å². The minimum Gasteiger partial charge on any atom is -0.369 e. The molecule has 2 aromatic rings. The number of fused-ring (bicyclic) bond motifs is 1. The molecule has 2 heterocycles. The van der Waals surface area contributed by atoms with E-state index in [0.29, 0.717) is 0 Å². The number of hydrogen-bond acceptors (Lipinski definition) is 4. The van der Waals surface area contributed by atoms with Gasteiger partial charge in [0.25, 0.3) is 0 Å². The van der Waals surface area contributed by atoms with Gasteiger partial charge in [-0.05, 0) is 19.4 Å². The van der Waals surface area contributed by atoms with E-state index in [1.165, 1.54) is 21.7 Å². The molecule has 2 N–H and O–H groups in total. The van der Waals surface area contributed by atoms with Crippen molar-refractivity contribution in [1.82, 2.24) is 9.97 Å². The van der Waals surface area contributed by atoms with Gasteiger partial charge in [-0.25, -0.2) is 9.97 Å². The third kappa shape index (κ3) is 3.64. The summed E-state index contributed by atoms with van der Waals surface area (Å²) < 4.78 is 0. The molecule has 0 amide bonds. The fraction of sp³-hybridized carbons (Fsp3) is 0.571. The molecular formula is C14H23N4S+. The number of nitrogens with one attached hydrogen (secondary N) is 2. The SMILES string of the molecule is CCc1cc2c(NCCC[NH+](C)C)nc(C)nc2s1. The van der Waals surface area contributed by atoms with Gasteiger partial charge in [0.05, 0.1) is 26.0 Å². The van der Waals surface area contributed by atoms with E-state index in [2.05, 4.69) is 42.4 Å².